The van der Waals surface area contributed by atoms with Gasteiger partial charge >= 0.3 is 6.09 Å². The summed E-state index contributed by atoms with van der Waals surface area (Å²) in [5.74, 6) is -0.786. The van der Waals surface area contributed by atoms with Gasteiger partial charge in [-0.15, -0.1) is 0 Å². The Balaban J connectivity index is 1.47. The molecule has 0 radical (unpaired) electrons. The third-order valence-electron chi connectivity index (χ3n) is 5.22. The lowest BCUT2D eigenvalue weighted by atomic mass is 10.1. The minimum Gasteiger partial charge on any atom is -0.465 e. The molecule has 0 atom stereocenters. The van der Waals surface area contributed by atoms with E-state index in [1.54, 1.807) is 39.9 Å². The van der Waals surface area contributed by atoms with Crippen molar-refractivity contribution in [3.63, 3.8) is 0 Å². The van der Waals surface area contributed by atoms with Crippen molar-refractivity contribution in [1.29, 1.82) is 0 Å². The fourth-order valence-electron chi connectivity index (χ4n) is 3.61. The zero-order valence-electron chi connectivity index (χ0n) is 17.0. The van der Waals surface area contributed by atoms with E-state index in [0.29, 0.717) is 22.6 Å². The molecule has 1 amide bonds. The highest BCUT2D eigenvalue weighted by Crippen LogP contribution is 2.28. The number of halogens is 2. The van der Waals surface area contributed by atoms with E-state index in [-0.39, 0.29) is 43.1 Å². The molecular formula is C21H17F2N7O3. The topological polar surface area (TPSA) is 122 Å². The number of hydrogen-bond acceptors (Lipinski definition) is 7. The molecule has 12 heteroatoms. The van der Waals surface area contributed by atoms with Gasteiger partial charge in [0.15, 0.2) is 17.5 Å². The molecule has 4 heterocycles. The van der Waals surface area contributed by atoms with Gasteiger partial charge in [0.1, 0.15) is 23.5 Å². The van der Waals surface area contributed by atoms with Crippen LogP contribution in [0.3, 0.4) is 0 Å². The van der Waals surface area contributed by atoms with Gasteiger partial charge in [0.05, 0.1) is 24.5 Å². The largest absolute Gasteiger partial charge is 0.465 e. The van der Waals surface area contributed by atoms with Gasteiger partial charge in [-0.2, -0.15) is 5.10 Å². The molecule has 1 fully saturated rings. The van der Waals surface area contributed by atoms with Crippen molar-refractivity contribution in [2.24, 2.45) is 0 Å². The number of benzene rings is 1. The van der Waals surface area contributed by atoms with Crippen molar-refractivity contribution < 1.29 is 23.2 Å². The summed E-state index contributed by atoms with van der Waals surface area (Å²) in [6.07, 6.45) is 1.32. The molecule has 0 unspecified atom stereocenters. The fraction of sp³-hybridized carbons (Fsp3) is 0.190. The Morgan fingerprint density at radius 1 is 1.18 bits per heavy atom. The molecule has 4 aromatic rings. The molecule has 1 aliphatic heterocycles. The number of anilines is 1. The molecule has 1 aromatic carbocycles. The van der Waals surface area contributed by atoms with Crippen LogP contribution in [0.5, 0.6) is 0 Å². The number of rotatable bonds is 6. The number of carbonyl (C=O) groups is 1. The van der Waals surface area contributed by atoms with E-state index in [9.17, 15) is 13.6 Å². The van der Waals surface area contributed by atoms with Crippen LogP contribution < -0.4 is 10.2 Å². The number of hydrogen-bond donors (Lipinski definition) is 2. The molecule has 0 spiro atoms. The lowest BCUT2D eigenvalue weighted by Crippen LogP contribution is -2.59. The molecule has 0 saturated carbocycles. The molecule has 168 valence electrons. The first-order valence-electron chi connectivity index (χ1n) is 9.97. The van der Waals surface area contributed by atoms with E-state index in [0.717, 1.165) is 6.20 Å². The Labute approximate surface area is 185 Å². The van der Waals surface area contributed by atoms with Crippen LogP contribution in [0.1, 0.15) is 5.56 Å². The molecule has 0 aliphatic carbocycles. The summed E-state index contributed by atoms with van der Waals surface area (Å²) < 4.78 is 35.1. The highest BCUT2D eigenvalue weighted by atomic mass is 19.1. The first-order chi connectivity index (χ1) is 16.0. The van der Waals surface area contributed by atoms with Crippen molar-refractivity contribution >= 4 is 11.9 Å². The second kappa shape index (κ2) is 8.30. The minimum atomic E-state index is -1.13. The van der Waals surface area contributed by atoms with Crippen molar-refractivity contribution in [2.45, 2.75) is 12.6 Å². The number of nitrogens with zero attached hydrogens (tertiary/aromatic N) is 6. The number of carboxylic acid groups (broad SMARTS) is 1. The Hall–Kier alpha value is -4.35. The number of aromatic nitrogens is 5. The van der Waals surface area contributed by atoms with Gasteiger partial charge in [-0.3, -0.25) is 4.68 Å². The van der Waals surface area contributed by atoms with E-state index in [2.05, 4.69) is 25.5 Å². The summed E-state index contributed by atoms with van der Waals surface area (Å²) >= 11 is 0. The third-order valence-corrected chi connectivity index (χ3v) is 5.22. The first kappa shape index (κ1) is 20.5. The first-order valence-corrected chi connectivity index (χ1v) is 9.97. The maximum atomic E-state index is 14.4. The lowest BCUT2D eigenvalue weighted by molar-refractivity contribution is 0.187. The van der Waals surface area contributed by atoms with Gasteiger partial charge in [0.2, 0.25) is 0 Å². The number of amides is 1. The van der Waals surface area contributed by atoms with Gasteiger partial charge < -0.3 is 19.8 Å². The van der Waals surface area contributed by atoms with Crippen molar-refractivity contribution in [2.75, 3.05) is 18.0 Å². The van der Waals surface area contributed by atoms with E-state index in [1.165, 1.54) is 12.3 Å². The molecule has 0 bridgehead atoms. The van der Waals surface area contributed by atoms with Crippen molar-refractivity contribution in [3.05, 3.63) is 66.1 Å². The summed E-state index contributed by atoms with van der Waals surface area (Å²) in [6, 6.07) is 9.36. The lowest BCUT2D eigenvalue weighted by Gasteiger charge is -2.39. The molecule has 10 nitrogen and oxygen atoms in total. The van der Waals surface area contributed by atoms with Gasteiger partial charge in [-0.05, 0) is 12.1 Å². The van der Waals surface area contributed by atoms with Crippen LogP contribution in [0, 0.1) is 11.6 Å². The minimum absolute atomic E-state index is 0.0510. The summed E-state index contributed by atoms with van der Waals surface area (Å²) in [6.45, 7) is 0.689. The molecule has 5 rings (SSSR count). The third kappa shape index (κ3) is 4.10. The standard InChI is InChI=1S/C21H17F2N7O3/c22-14-4-2-1-3-12(14)9-30-18(16-5-6-33-28-16)7-17(27-30)19-24-8-15(23)20(26-19)29-10-13(11-29)25-21(31)32/h1-8,13,25H,9-11H2,(H,31,32). The zero-order chi connectivity index (χ0) is 22.9. The van der Waals surface area contributed by atoms with Gasteiger partial charge in [0.25, 0.3) is 0 Å². The Kier molecular flexibility index (Phi) is 5.17. The average Bonchev–Trinajstić information content (AvgIpc) is 3.43. The van der Waals surface area contributed by atoms with Crippen LogP contribution in [-0.2, 0) is 6.54 Å². The predicted molar refractivity (Wildman–Crippen MR) is 111 cm³/mol. The van der Waals surface area contributed by atoms with Crippen LogP contribution in [0.15, 0.2) is 53.4 Å². The van der Waals surface area contributed by atoms with Crippen LogP contribution in [0.4, 0.5) is 19.4 Å². The summed E-state index contributed by atoms with van der Waals surface area (Å²) in [5, 5.41) is 19.6. The van der Waals surface area contributed by atoms with E-state index in [4.69, 9.17) is 9.63 Å². The Morgan fingerprint density at radius 3 is 2.73 bits per heavy atom. The quantitative estimate of drug-likeness (QED) is 0.457. The van der Waals surface area contributed by atoms with Gasteiger partial charge in [0, 0.05) is 24.7 Å². The average molecular weight is 453 g/mol. The molecular weight excluding hydrogens is 436 g/mol. The summed E-state index contributed by atoms with van der Waals surface area (Å²) in [5.41, 5.74) is 1.80. The van der Waals surface area contributed by atoms with Crippen LogP contribution in [0.2, 0.25) is 0 Å². The van der Waals surface area contributed by atoms with Crippen LogP contribution >= 0.6 is 0 Å². The molecule has 1 saturated heterocycles. The van der Waals surface area contributed by atoms with Crippen LogP contribution in [0.25, 0.3) is 22.9 Å². The Morgan fingerprint density at radius 2 is 2.00 bits per heavy atom. The van der Waals surface area contributed by atoms with Crippen LogP contribution in [-0.4, -0.2) is 55.2 Å². The maximum Gasteiger partial charge on any atom is 0.405 e. The highest BCUT2D eigenvalue weighted by Gasteiger charge is 2.31. The monoisotopic (exact) mass is 453 g/mol. The maximum absolute atomic E-state index is 14.4. The smallest absolute Gasteiger partial charge is 0.405 e. The summed E-state index contributed by atoms with van der Waals surface area (Å²) in [7, 11) is 0. The van der Waals surface area contributed by atoms with E-state index in [1.807, 2.05) is 0 Å². The SMILES string of the molecule is O=C(O)NC1CN(c2nc(-c3cc(-c4ccon4)n(Cc4ccccc4F)n3)ncc2F)C1. The summed E-state index contributed by atoms with van der Waals surface area (Å²) in [4.78, 5) is 20.7. The second-order valence-electron chi connectivity index (χ2n) is 7.47. The molecule has 2 N–H and O–H groups in total. The van der Waals surface area contributed by atoms with Gasteiger partial charge in [-0.1, -0.05) is 23.4 Å². The van der Waals surface area contributed by atoms with Crippen molar-refractivity contribution in [3.8, 4) is 22.9 Å². The normalized spacial score (nSPS) is 13.7. The van der Waals surface area contributed by atoms with Gasteiger partial charge in [-0.25, -0.2) is 23.5 Å². The molecule has 33 heavy (non-hydrogen) atoms. The molecule has 1 aliphatic rings. The zero-order valence-corrected chi connectivity index (χ0v) is 17.0. The fourth-order valence-corrected chi connectivity index (χ4v) is 3.61. The van der Waals surface area contributed by atoms with E-state index >= 15 is 0 Å². The van der Waals surface area contributed by atoms with E-state index < -0.39 is 11.9 Å². The second-order valence-corrected chi connectivity index (χ2v) is 7.47. The highest BCUT2D eigenvalue weighted by molar-refractivity contribution is 5.66. The Bertz CT molecular complexity index is 1300. The van der Waals surface area contributed by atoms with Crippen molar-refractivity contribution in [1.82, 2.24) is 30.2 Å². The molecule has 3 aromatic heterocycles. The predicted octanol–water partition coefficient (Wildman–Crippen LogP) is 2.78. The number of nitrogens with one attached hydrogen (secondary N) is 1.